The van der Waals surface area contributed by atoms with Crippen LogP contribution in [0, 0.1) is 10.1 Å². The van der Waals surface area contributed by atoms with Crippen molar-refractivity contribution >= 4 is 33.7 Å². The highest BCUT2D eigenvalue weighted by Crippen LogP contribution is 2.32. The molecule has 1 aromatic rings. The molecule has 0 aromatic heterocycles. The van der Waals surface area contributed by atoms with Crippen LogP contribution < -0.4 is 5.43 Å². The molecule has 0 saturated carbocycles. The predicted octanol–water partition coefficient (Wildman–Crippen LogP) is 1.67. The molecule has 1 aliphatic rings. The van der Waals surface area contributed by atoms with E-state index in [0.29, 0.717) is 17.7 Å². The lowest BCUT2D eigenvalue weighted by atomic mass is 10.2. The van der Waals surface area contributed by atoms with Gasteiger partial charge in [0.25, 0.3) is 0 Å². The summed E-state index contributed by atoms with van der Waals surface area (Å²) in [7, 11) is 0. The number of carbonyl (C=O) groups excluding carboxylic acids is 1. The Kier molecular flexibility index (Phi) is 5.29. The molecule has 10 heteroatoms. The summed E-state index contributed by atoms with van der Waals surface area (Å²) in [6, 6.07) is 2.60. The zero-order valence-electron chi connectivity index (χ0n) is 12.1. The zero-order valence-corrected chi connectivity index (χ0v) is 13.7. The summed E-state index contributed by atoms with van der Waals surface area (Å²) in [6.45, 7) is 2.48. The van der Waals surface area contributed by atoms with Crippen LogP contribution in [0.2, 0.25) is 0 Å². The minimum Gasteiger partial charge on any atom is -0.502 e. The van der Waals surface area contributed by atoms with E-state index in [0.717, 1.165) is 6.21 Å². The fourth-order valence-electron chi connectivity index (χ4n) is 2.01. The third-order valence-electron chi connectivity index (χ3n) is 3.05. The van der Waals surface area contributed by atoms with E-state index in [9.17, 15) is 20.0 Å². The number of amides is 1. The molecule has 1 aromatic carbocycles. The van der Waals surface area contributed by atoms with Gasteiger partial charge in [0.05, 0.1) is 30.8 Å². The number of phenols is 1. The van der Waals surface area contributed by atoms with E-state index in [1.165, 1.54) is 12.1 Å². The highest BCUT2D eigenvalue weighted by molar-refractivity contribution is 9.10. The maximum absolute atomic E-state index is 11.8. The second-order valence-corrected chi connectivity index (χ2v) is 5.84. The summed E-state index contributed by atoms with van der Waals surface area (Å²) in [4.78, 5) is 21.9. The number of hydrogen-bond acceptors (Lipinski definition) is 7. The molecule has 1 saturated heterocycles. The van der Waals surface area contributed by atoms with Crippen molar-refractivity contribution in [2.45, 2.75) is 19.1 Å². The van der Waals surface area contributed by atoms with E-state index in [1.54, 1.807) is 6.92 Å². The fraction of sp³-hybridized carbons (Fsp3) is 0.385. The second-order valence-electron chi connectivity index (χ2n) is 4.92. The lowest BCUT2D eigenvalue weighted by molar-refractivity contribution is -0.385. The number of aromatic hydroxyl groups is 1. The van der Waals surface area contributed by atoms with E-state index >= 15 is 0 Å². The van der Waals surface area contributed by atoms with E-state index in [-0.39, 0.29) is 12.0 Å². The summed E-state index contributed by atoms with van der Waals surface area (Å²) in [6.07, 6.45) is 1.07. The number of nitrogens with zero attached hydrogens (tertiary/aromatic N) is 2. The summed E-state index contributed by atoms with van der Waals surface area (Å²) in [5, 5.41) is 24.3. The number of hydrazone groups is 1. The quantitative estimate of drug-likeness (QED) is 0.449. The largest absolute Gasteiger partial charge is 0.502 e. The lowest BCUT2D eigenvalue weighted by Gasteiger charge is -2.20. The Morgan fingerprint density at radius 3 is 2.83 bits per heavy atom. The highest BCUT2D eigenvalue weighted by atomic mass is 79.9. The third-order valence-corrected chi connectivity index (χ3v) is 3.51. The molecule has 0 spiro atoms. The van der Waals surface area contributed by atoms with Gasteiger partial charge in [-0.15, -0.1) is 0 Å². The molecule has 0 atom stereocenters. The zero-order chi connectivity index (χ0) is 17.0. The number of halogens is 1. The molecule has 1 aliphatic heterocycles. The van der Waals surface area contributed by atoms with E-state index in [4.69, 9.17) is 9.47 Å². The normalized spacial score (nSPS) is 16.6. The van der Waals surface area contributed by atoms with Crippen LogP contribution in [0.25, 0.3) is 0 Å². The number of ether oxygens (including phenoxy) is 2. The molecule has 2 rings (SSSR count). The van der Waals surface area contributed by atoms with Crippen molar-refractivity contribution < 1.29 is 24.3 Å². The number of carbonyl (C=O) groups is 1. The van der Waals surface area contributed by atoms with Gasteiger partial charge in [0.15, 0.2) is 5.79 Å². The molecule has 1 heterocycles. The highest BCUT2D eigenvalue weighted by Gasteiger charge is 2.33. The number of hydrogen-bond donors (Lipinski definition) is 2. The summed E-state index contributed by atoms with van der Waals surface area (Å²) < 4.78 is 11.0. The van der Waals surface area contributed by atoms with Gasteiger partial charge >= 0.3 is 5.69 Å². The monoisotopic (exact) mass is 387 g/mol. The first-order valence-corrected chi connectivity index (χ1v) is 7.37. The van der Waals surface area contributed by atoms with E-state index < -0.39 is 28.1 Å². The molecule has 23 heavy (non-hydrogen) atoms. The molecule has 0 aliphatic carbocycles. The number of rotatable bonds is 5. The summed E-state index contributed by atoms with van der Waals surface area (Å²) >= 11 is 3.10. The number of nitrogens with one attached hydrogen (secondary N) is 1. The smallest absolute Gasteiger partial charge is 0.312 e. The average molecular weight is 388 g/mol. The summed E-state index contributed by atoms with van der Waals surface area (Å²) in [5.41, 5.74) is 1.88. The molecule has 1 amide bonds. The van der Waals surface area contributed by atoms with Gasteiger partial charge in [0.1, 0.15) is 0 Å². The Morgan fingerprint density at radius 2 is 2.22 bits per heavy atom. The maximum atomic E-state index is 11.8. The van der Waals surface area contributed by atoms with Gasteiger partial charge in [0, 0.05) is 16.1 Å². The Hall–Kier alpha value is -2.04. The van der Waals surface area contributed by atoms with Crippen molar-refractivity contribution in [3.63, 3.8) is 0 Å². The van der Waals surface area contributed by atoms with Crippen LogP contribution in [0.1, 0.15) is 18.9 Å². The second kappa shape index (κ2) is 7.02. The Labute approximate surface area is 139 Å². The van der Waals surface area contributed by atoms with Gasteiger partial charge in [0.2, 0.25) is 11.7 Å². The van der Waals surface area contributed by atoms with Gasteiger partial charge in [-0.25, -0.2) is 5.43 Å². The van der Waals surface area contributed by atoms with Crippen molar-refractivity contribution in [1.29, 1.82) is 0 Å². The molecule has 0 radical (unpaired) electrons. The van der Waals surface area contributed by atoms with Crippen molar-refractivity contribution in [3.05, 3.63) is 32.3 Å². The first-order chi connectivity index (χ1) is 10.8. The van der Waals surface area contributed by atoms with Crippen LogP contribution in [0.3, 0.4) is 0 Å². The topological polar surface area (TPSA) is 123 Å². The average Bonchev–Trinajstić information content (AvgIpc) is 2.88. The van der Waals surface area contributed by atoms with Crippen molar-refractivity contribution in [1.82, 2.24) is 5.43 Å². The first-order valence-electron chi connectivity index (χ1n) is 6.57. The van der Waals surface area contributed by atoms with Crippen LogP contribution in [-0.4, -0.2) is 41.2 Å². The molecule has 0 unspecified atom stereocenters. The molecule has 0 bridgehead atoms. The van der Waals surface area contributed by atoms with Crippen LogP contribution >= 0.6 is 15.9 Å². The SMILES string of the molecule is CC1(CC(=O)N/N=C\c2cc(Br)cc([N+](=O)[O-])c2O)OCCO1. The third kappa shape index (κ3) is 4.47. The van der Waals surface area contributed by atoms with Crippen molar-refractivity contribution in [3.8, 4) is 5.75 Å². The number of phenolic OH excluding ortho intramolecular Hbond substituents is 1. The van der Waals surface area contributed by atoms with Gasteiger partial charge < -0.3 is 14.6 Å². The fourth-order valence-corrected chi connectivity index (χ4v) is 2.47. The van der Waals surface area contributed by atoms with Gasteiger partial charge in [-0.05, 0) is 13.0 Å². The van der Waals surface area contributed by atoms with Crippen molar-refractivity contribution in [2.24, 2.45) is 5.10 Å². The number of benzene rings is 1. The Bertz CT molecular complexity index is 657. The summed E-state index contributed by atoms with van der Waals surface area (Å²) in [5.74, 6) is -1.96. The minimum absolute atomic E-state index is 0.0467. The van der Waals surface area contributed by atoms with Crippen LogP contribution in [0.15, 0.2) is 21.7 Å². The number of nitro benzene ring substituents is 1. The first kappa shape index (κ1) is 17.3. The lowest BCUT2D eigenvalue weighted by Crippen LogP contribution is -2.33. The van der Waals surface area contributed by atoms with Crippen LogP contribution in [0.5, 0.6) is 5.75 Å². The Morgan fingerprint density at radius 1 is 1.57 bits per heavy atom. The van der Waals surface area contributed by atoms with Gasteiger partial charge in [-0.2, -0.15) is 5.10 Å². The number of nitro groups is 1. The predicted molar refractivity (Wildman–Crippen MR) is 83.1 cm³/mol. The molecular formula is C13H14BrN3O6. The Balaban J connectivity index is 2.03. The minimum atomic E-state index is -0.976. The molecule has 1 fully saturated rings. The molecular weight excluding hydrogens is 374 g/mol. The molecule has 2 N–H and O–H groups in total. The maximum Gasteiger partial charge on any atom is 0.312 e. The van der Waals surface area contributed by atoms with Crippen molar-refractivity contribution in [2.75, 3.05) is 13.2 Å². The van der Waals surface area contributed by atoms with Gasteiger partial charge in [-0.3, -0.25) is 14.9 Å². The van der Waals surface area contributed by atoms with Crippen LogP contribution in [0.4, 0.5) is 5.69 Å². The van der Waals surface area contributed by atoms with E-state index in [2.05, 4.69) is 26.5 Å². The van der Waals surface area contributed by atoms with Crippen LogP contribution in [-0.2, 0) is 14.3 Å². The van der Waals surface area contributed by atoms with E-state index in [1.807, 2.05) is 0 Å². The van der Waals surface area contributed by atoms with Gasteiger partial charge in [-0.1, -0.05) is 15.9 Å². The molecule has 9 nitrogen and oxygen atoms in total. The molecule has 124 valence electrons. The standard InChI is InChI=1S/C13H14BrN3O6/c1-13(22-2-3-23-13)6-11(18)16-15-7-8-4-9(14)5-10(12(8)19)17(20)21/h4-5,7,19H,2-3,6H2,1H3,(H,16,18)/b15-7-.